The first-order valence-corrected chi connectivity index (χ1v) is 13.7. The summed E-state index contributed by atoms with van der Waals surface area (Å²) in [5, 5.41) is 10.7. The summed E-state index contributed by atoms with van der Waals surface area (Å²) in [4.78, 5) is 13.0. The van der Waals surface area contributed by atoms with Gasteiger partial charge in [-0.15, -0.1) is 11.3 Å². The molecular weight excluding hydrogens is 600 g/mol. The number of nitriles is 1. The highest BCUT2D eigenvalue weighted by atomic mass is 32.2. The van der Waals surface area contributed by atoms with Gasteiger partial charge in [-0.2, -0.15) is 31.6 Å². The second-order valence-corrected chi connectivity index (χ2v) is 11.3. The minimum atomic E-state index is -5.13. The summed E-state index contributed by atoms with van der Waals surface area (Å²) in [7, 11) is 0. The zero-order valence-corrected chi connectivity index (χ0v) is 22.3. The summed E-state index contributed by atoms with van der Waals surface area (Å²) in [6, 6.07) is 8.20. The quantitative estimate of drug-likeness (QED) is 0.166. The Labute approximate surface area is 234 Å². The number of pyridine rings is 1. The maximum absolute atomic E-state index is 14.4. The van der Waals surface area contributed by atoms with Gasteiger partial charge >= 0.3 is 12.4 Å². The predicted molar refractivity (Wildman–Crippen MR) is 137 cm³/mol. The van der Waals surface area contributed by atoms with Crippen LogP contribution in [0.25, 0.3) is 21.7 Å². The van der Waals surface area contributed by atoms with Crippen molar-refractivity contribution in [1.29, 1.82) is 5.26 Å². The van der Waals surface area contributed by atoms with Crippen molar-refractivity contribution < 1.29 is 39.7 Å². The van der Waals surface area contributed by atoms with Crippen molar-refractivity contribution in [3.8, 4) is 27.8 Å². The third kappa shape index (κ3) is 6.32. The predicted octanol–water partition coefficient (Wildman–Crippen LogP) is 7.61. The van der Waals surface area contributed by atoms with Gasteiger partial charge in [-0.25, -0.2) is 8.78 Å². The van der Waals surface area contributed by atoms with E-state index in [1.807, 2.05) is 0 Å². The molecule has 1 unspecified atom stereocenters. The van der Waals surface area contributed by atoms with E-state index in [2.05, 4.69) is 0 Å². The molecule has 4 nitrogen and oxygen atoms in total. The number of rotatable bonds is 6. The maximum Gasteiger partial charge on any atom is 0.417 e. The second kappa shape index (κ2) is 11.3. The Morgan fingerprint density at radius 3 is 2.27 bits per heavy atom. The van der Waals surface area contributed by atoms with Gasteiger partial charge in [0.1, 0.15) is 29.0 Å². The van der Waals surface area contributed by atoms with Crippen LogP contribution in [0.4, 0.5) is 35.1 Å². The lowest BCUT2D eigenvalue weighted by Crippen LogP contribution is -2.28. The highest BCUT2D eigenvalue weighted by Crippen LogP contribution is 2.40. The number of hydrogen-bond acceptors (Lipinski definition) is 4. The van der Waals surface area contributed by atoms with E-state index in [4.69, 9.17) is 0 Å². The zero-order chi connectivity index (χ0) is 30.3. The molecule has 0 bridgehead atoms. The maximum atomic E-state index is 14.4. The van der Waals surface area contributed by atoms with E-state index in [1.54, 1.807) is 0 Å². The van der Waals surface area contributed by atoms with E-state index in [-0.39, 0.29) is 32.2 Å². The fourth-order valence-corrected chi connectivity index (χ4v) is 5.80. The first-order chi connectivity index (χ1) is 19.1. The van der Waals surface area contributed by atoms with Crippen molar-refractivity contribution in [2.24, 2.45) is 0 Å². The Hall–Kier alpha value is -3.67. The van der Waals surface area contributed by atoms with E-state index in [9.17, 15) is 49.7 Å². The van der Waals surface area contributed by atoms with Crippen LogP contribution in [0.3, 0.4) is 0 Å². The molecule has 4 rings (SSSR count). The molecule has 0 aliphatic heterocycles. The van der Waals surface area contributed by atoms with Gasteiger partial charge in [-0.1, -0.05) is 6.07 Å². The first kappa shape index (κ1) is 30.3. The summed E-state index contributed by atoms with van der Waals surface area (Å²) in [5.74, 6) is -1.99. The van der Waals surface area contributed by atoms with E-state index >= 15 is 0 Å². The number of hydrogen-bond donors (Lipinski definition) is 0. The molecule has 0 saturated heterocycles. The molecule has 0 N–H and O–H groups in total. The number of thiophene rings is 1. The molecule has 1 atom stereocenters. The van der Waals surface area contributed by atoms with Crippen LogP contribution in [0.15, 0.2) is 63.6 Å². The van der Waals surface area contributed by atoms with Gasteiger partial charge in [-0.05, 0) is 58.9 Å². The smallest absolute Gasteiger partial charge is 0.417 e. The van der Waals surface area contributed by atoms with Gasteiger partial charge < -0.3 is 9.12 Å². The monoisotopic (exact) mass is 616 g/mol. The third-order valence-electron chi connectivity index (χ3n) is 6.01. The number of nitrogens with zero attached hydrogens (tertiary/aromatic N) is 2. The van der Waals surface area contributed by atoms with Gasteiger partial charge in [0.05, 0.1) is 28.2 Å². The van der Waals surface area contributed by atoms with Crippen LogP contribution in [-0.2, 0) is 30.1 Å². The fourth-order valence-electron chi connectivity index (χ4n) is 4.01. The molecule has 2 aromatic heterocycles. The summed E-state index contributed by atoms with van der Waals surface area (Å²) in [5.41, 5.74) is -5.84. The highest BCUT2D eigenvalue weighted by Gasteiger charge is 2.37. The molecule has 0 spiro atoms. The Morgan fingerprint density at radius 2 is 1.68 bits per heavy atom. The number of halogens is 8. The zero-order valence-electron chi connectivity index (χ0n) is 20.7. The van der Waals surface area contributed by atoms with Crippen molar-refractivity contribution in [3.63, 3.8) is 0 Å². The average Bonchev–Trinajstić information content (AvgIpc) is 3.39. The van der Waals surface area contributed by atoms with Crippen molar-refractivity contribution in [1.82, 2.24) is 4.57 Å². The number of benzene rings is 2. The van der Waals surface area contributed by atoms with Crippen molar-refractivity contribution in [2.75, 3.05) is 5.75 Å². The van der Waals surface area contributed by atoms with E-state index in [1.165, 1.54) is 30.5 Å². The van der Waals surface area contributed by atoms with Crippen LogP contribution in [0.1, 0.15) is 29.2 Å². The van der Waals surface area contributed by atoms with Crippen molar-refractivity contribution in [2.45, 2.75) is 30.7 Å². The molecule has 0 saturated carbocycles. The topological polar surface area (TPSA) is 68.8 Å². The first-order valence-electron chi connectivity index (χ1n) is 11.5. The molecule has 2 aromatic carbocycles. The van der Waals surface area contributed by atoms with Gasteiger partial charge in [0.2, 0.25) is 0 Å². The normalized spacial score (nSPS) is 12.8. The lowest BCUT2D eigenvalue weighted by molar-refractivity contribution is -0.138. The summed E-state index contributed by atoms with van der Waals surface area (Å²) < 4.78 is 123. The summed E-state index contributed by atoms with van der Waals surface area (Å²) in [6.07, 6.45) is -9.91. The van der Waals surface area contributed by atoms with Crippen LogP contribution in [0, 0.1) is 23.0 Å². The molecule has 4 aromatic rings. The van der Waals surface area contributed by atoms with E-state index in [0.717, 1.165) is 35.6 Å². The van der Waals surface area contributed by atoms with Crippen LogP contribution >= 0.6 is 11.3 Å². The van der Waals surface area contributed by atoms with Crippen molar-refractivity contribution >= 4 is 22.5 Å². The highest BCUT2D eigenvalue weighted by molar-refractivity contribution is 7.91. The van der Waals surface area contributed by atoms with Gasteiger partial charge in [0.25, 0.3) is 5.56 Å². The van der Waals surface area contributed by atoms with Crippen LogP contribution in [0.2, 0.25) is 0 Å². The number of aromatic nitrogens is 1. The molecule has 14 heteroatoms. The van der Waals surface area contributed by atoms with Gasteiger partial charge in [-0.3, -0.25) is 4.79 Å². The largest absolute Gasteiger partial charge is 0.611 e. The molecule has 214 valence electrons. The van der Waals surface area contributed by atoms with Crippen LogP contribution < -0.4 is 5.56 Å². The Morgan fingerprint density at radius 1 is 0.976 bits per heavy atom. The minimum Gasteiger partial charge on any atom is -0.611 e. The SMILES string of the molecule is CC[S+]([O-])c1cc(-c2csc(-c3cc(C(F)(F)F)c(C#N)c(=O)n3Cc3ccc(F)cc3F)c2)cc(C(F)(F)F)c1. The van der Waals surface area contributed by atoms with Gasteiger partial charge in [0, 0.05) is 23.8 Å². The average molecular weight is 617 g/mol. The summed E-state index contributed by atoms with van der Waals surface area (Å²) in [6.45, 7) is 0.842. The van der Waals surface area contributed by atoms with Crippen molar-refractivity contribution in [3.05, 3.63) is 98.2 Å². The van der Waals surface area contributed by atoms with Crippen LogP contribution in [0.5, 0.6) is 0 Å². The molecule has 41 heavy (non-hydrogen) atoms. The lowest BCUT2D eigenvalue weighted by atomic mass is 10.0. The Balaban J connectivity index is 1.94. The molecular formula is C27H16F8N2O2S2. The molecule has 2 heterocycles. The Bertz CT molecular complexity index is 1720. The van der Waals surface area contributed by atoms with E-state index in [0.29, 0.717) is 16.7 Å². The minimum absolute atomic E-state index is 0.0230. The molecule has 0 fully saturated rings. The van der Waals surface area contributed by atoms with Crippen LogP contribution in [-0.4, -0.2) is 14.9 Å². The fraction of sp³-hybridized carbons (Fsp3) is 0.185. The molecule has 0 aliphatic carbocycles. The lowest BCUT2D eigenvalue weighted by Gasteiger charge is -2.17. The summed E-state index contributed by atoms with van der Waals surface area (Å²) >= 11 is -0.976. The van der Waals surface area contributed by atoms with Gasteiger partial charge in [0.15, 0.2) is 4.90 Å². The second-order valence-electron chi connectivity index (χ2n) is 8.63. The third-order valence-corrected chi connectivity index (χ3v) is 8.24. The molecule has 0 amide bonds. The van der Waals surface area contributed by atoms with E-state index < -0.39 is 69.7 Å². The number of alkyl halides is 6. The molecule has 0 radical (unpaired) electrons. The standard InChI is InChI=1S/C27H16F8N2O2S2/c1-2-41(39)19-6-15(5-17(8-19)26(30,31)32)16-7-24(40-13-16)23-10-21(27(33,34)35)20(11-36)25(38)37(23)12-14-3-4-18(28)9-22(14)29/h3-10,13H,2,12H2,1H3. The Kier molecular flexibility index (Phi) is 8.35. The molecule has 0 aliphatic rings.